The zero-order valence-electron chi connectivity index (χ0n) is 26.2. The van der Waals surface area contributed by atoms with Crippen LogP contribution in [0.2, 0.25) is 0 Å². The van der Waals surface area contributed by atoms with Gasteiger partial charge in [0.25, 0.3) is 5.56 Å². The number of ether oxygens (including phenoxy) is 3. The summed E-state index contributed by atoms with van der Waals surface area (Å²) in [5.74, 6) is -1.34. The average Bonchev–Trinajstić information content (AvgIpc) is 3.24. The van der Waals surface area contributed by atoms with Crippen molar-refractivity contribution in [2.45, 2.75) is 77.5 Å². The Hall–Kier alpha value is -3.53. The number of esters is 2. The Bertz CT molecular complexity index is 1430. The molecule has 1 aliphatic rings. The van der Waals surface area contributed by atoms with Gasteiger partial charge in [0.2, 0.25) is 0 Å². The standard InChI is InChI=1S/C29H43N4O12P/c1-17(2)10-12-41-24(35)14-20(28(38)42-13-11-18(3)4)32-46(40,45-19-8-6-5-7-9-19)43-16-21-25(36)26(37)27(44-21)33-23(34)15-22(30)31-29(33)39/h5-9,15,17-18,20-21,25-27,36-37H,10-14,16,30H2,1-4H3,(H,31,39)(H,32,40)/t20-,21+,25+,26+,27+,46?/m0/s1. The first-order chi connectivity index (χ1) is 21.7. The molecule has 1 fully saturated rings. The number of para-hydroxylation sites is 1. The summed E-state index contributed by atoms with van der Waals surface area (Å²) in [5, 5.41) is 23.8. The summed E-state index contributed by atoms with van der Waals surface area (Å²) in [6, 6.07) is 7.16. The van der Waals surface area contributed by atoms with Crippen molar-refractivity contribution in [3.8, 4) is 5.75 Å². The van der Waals surface area contributed by atoms with Gasteiger partial charge in [0.05, 0.1) is 26.2 Å². The molecule has 1 saturated heterocycles. The summed E-state index contributed by atoms with van der Waals surface area (Å²) in [4.78, 5) is 52.8. The van der Waals surface area contributed by atoms with Gasteiger partial charge >= 0.3 is 25.4 Å². The fourth-order valence-electron chi connectivity index (χ4n) is 4.23. The predicted octanol–water partition coefficient (Wildman–Crippen LogP) is 1.47. The number of hydrogen-bond donors (Lipinski definition) is 5. The van der Waals surface area contributed by atoms with Gasteiger partial charge in [-0.05, 0) is 36.8 Å². The molecule has 46 heavy (non-hydrogen) atoms. The SMILES string of the molecule is CC(C)CCOC(=O)C[C@H](NP(=O)(OC[C@H]1O[C@@H](n2c(=O)cc(N)[nH]c2=O)[C@H](O)[C@@H]1O)Oc1ccccc1)C(=O)OCCC(C)C. The maximum Gasteiger partial charge on any atom is 0.459 e. The van der Waals surface area contributed by atoms with Crippen LogP contribution in [0.3, 0.4) is 0 Å². The third-order valence-electron chi connectivity index (χ3n) is 6.82. The number of rotatable bonds is 17. The highest BCUT2D eigenvalue weighted by Gasteiger charge is 2.46. The molecule has 17 heteroatoms. The second-order valence-corrected chi connectivity index (χ2v) is 13.3. The van der Waals surface area contributed by atoms with Crippen LogP contribution in [0.5, 0.6) is 5.75 Å². The van der Waals surface area contributed by atoms with E-state index < -0.39 is 74.5 Å². The molecule has 0 saturated carbocycles. The van der Waals surface area contributed by atoms with Crippen LogP contribution in [-0.4, -0.2) is 75.9 Å². The van der Waals surface area contributed by atoms with Crippen LogP contribution in [0.4, 0.5) is 5.82 Å². The number of aromatic nitrogens is 2. The second-order valence-electron chi connectivity index (χ2n) is 11.6. The quantitative estimate of drug-likeness (QED) is 0.119. The molecule has 6 atom stereocenters. The number of aliphatic hydroxyl groups is 2. The molecular weight excluding hydrogens is 627 g/mol. The molecular formula is C29H43N4O12P. The topological polar surface area (TPSA) is 231 Å². The first-order valence-electron chi connectivity index (χ1n) is 14.9. The number of carbonyl (C=O) groups excluding carboxylic acids is 2. The molecule has 1 aliphatic heterocycles. The minimum Gasteiger partial charge on any atom is -0.466 e. The normalized spacial score (nSPS) is 21.6. The lowest BCUT2D eigenvalue weighted by molar-refractivity contribution is -0.152. The summed E-state index contributed by atoms with van der Waals surface area (Å²) in [7, 11) is -4.60. The molecule has 0 amide bonds. The monoisotopic (exact) mass is 670 g/mol. The number of anilines is 1. The minimum absolute atomic E-state index is 0.0345. The Morgan fingerprint density at radius 3 is 2.28 bits per heavy atom. The van der Waals surface area contributed by atoms with Crippen molar-refractivity contribution in [2.75, 3.05) is 25.6 Å². The van der Waals surface area contributed by atoms with Gasteiger partial charge in [-0.3, -0.25) is 23.9 Å². The lowest BCUT2D eigenvalue weighted by Gasteiger charge is -2.26. The van der Waals surface area contributed by atoms with E-state index in [2.05, 4.69) is 10.1 Å². The number of nitrogen functional groups attached to an aromatic ring is 1. The maximum atomic E-state index is 14.2. The Kier molecular flexibility index (Phi) is 13.5. The molecule has 1 aromatic carbocycles. The molecule has 2 aromatic rings. The highest BCUT2D eigenvalue weighted by Crippen LogP contribution is 2.46. The Morgan fingerprint density at radius 1 is 1.04 bits per heavy atom. The summed E-state index contributed by atoms with van der Waals surface area (Å²) >= 11 is 0. The number of benzene rings is 1. The van der Waals surface area contributed by atoms with Gasteiger partial charge in [0.15, 0.2) is 6.23 Å². The van der Waals surface area contributed by atoms with E-state index in [4.69, 9.17) is 29.0 Å². The Balaban J connectivity index is 1.83. The van der Waals surface area contributed by atoms with Gasteiger partial charge in [0, 0.05) is 6.07 Å². The van der Waals surface area contributed by atoms with Crippen LogP contribution in [0.25, 0.3) is 0 Å². The first-order valence-corrected chi connectivity index (χ1v) is 16.5. The lowest BCUT2D eigenvalue weighted by Crippen LogP contribution is -2.42. The molecule has 0 spiro atoms. The van der Waals surface area contributed by atoms with Crippen molar-refractivity contribution < 1.29 is 47.6 Å². The molecule has 256 valence electrons. The van der Waals surface area contributed by atoms with Crippen LogP contribution < -0.4 is 26.6 Å². The van der Waals surface area contributed by atoms with E-state index in [0.29, 0.717) is 17.4 Å². The number of aromatic amines is 1. The number of H-pyrrole nitrogens is 1. The molecule has 2 heterocycles. The molecule has 16 nitrogen and oxygen atoms in total. The van der Waals surface area contributed by atoms with Gasteiger partial charge < -0.3 is 34.7 Å². The smallest absolute Gasteiger partial charge is 0.459 e. The minimum atomic E-state index is -4.60. The number of carbonyl (C=O) groups is 2. The third kappa shape index (κ3) is 10.8. The molecule has 0 bridgehead atoms. The van der Waals surface area contributed by atoms with Gasteiger partial charge in [-0.15, -0.1) is 0 Å². The number of nitrogens with two attached hydrogens (primary N) is 1. The summed E-state index contributed by atoms with van der Waals surface area (Å²) in [5.41, 5.74) is 3.58. The Morgan fingerprint density at radius 2 is 1.67 bits per heavy atom. The summed E-state index contributed by atoms with van der Waals surface area (Å²) in [6.45, 7) is 7.21. The van der Waals surface area contributed by atoms with Crippen molar-refractivity contribution in [3.05, 3.63) is 57.2 Å². The van der Waals surface area contributed by atoms with Crippen molar-refractivity contribution in [1.29, 1.82) is 0 Å². The fourth-order valence-corrected chi connectivity index (χ4v) is 5.73. The zero-order chi connectivity index (χ0) is 34.0. The fraction of sp³-hybridized carbons (Fsp3) is 0.586. The van der Waals surface area contributed by atoms with Crippen LogP contribution in [-0.2, 0) is 32.9 Å². The first kappa shape index (κ1) is 36.9. The van der Waals surface area contributed by atoms with Gasteiger partial charge in [0.1, 0.15) is 35.9 Å². The molecule has 6 N–H and O–H groups in total. The van der Waals surface area contributed by atoms with Crippen molar-refractivity contribution in [3.63, 3.8) is 0 Å². The average molecular weight is 671 g/mol. The lowest BCUT2D eigenvalue weighted by atomic mass is 10.1. The van der Waals surface area contributed by atoms with Gasteiger partial charge in [-0.1, -0.05) is 45.9 Å². The molecule has 0 aliphatic carbocycles. The van der Waals surface area contributed by atoms with Gasteiger partial charge in [-0.2, -0.15) is 5.09 Å². The van der Waals surface area contributed by atoms with Crippen LogP contribution >= 0.6 is 7.75 Å². The Labute approximate surface area is 265 Å². The summed E-state index contributed by atoms with van der Waals surface area (Å²) < 4.78 is 42.1. The van der Waals surface area contributed by atoms with E-state index in [1.807, 2.05) is 27.7 Å². The van der Waals surface area contributed by atoms with Crippen LogP contribution in [0, 0.1) is 11.8 Å². The third-order valence-corrected chi connectivity index (χ3v) is 8.39. The highest BCUT2D eigenvalue weighted by atomic mass is 31.2. The van der Waals surface area contributed by atoms with E-state index in [1.54, 1.807) is 18.2 Å². The summed E-state index contributed by atoms with van der Waals surface area (Å²) in [6.07, 6.45) is -6.02. The maximum absolute atomic E-state index is 14.2. The molecule has 3 rings (SSSR count). The van der Waals surface area contributed by atoms with E-state index in [1.165, 1.54) is 12.1 Å². The van der Waals surface area contributed by atoms with Crippen molar-refractivity contribution >= 4 is 25.5 Å². The zero-order valence-corrected chi connectivity index (χ0v) is 27.1. The van der Waals surface area contributed by atoms with Crippen molar-refractivity contribution in [1.82, 2.24) is 14.6 Å². The number of hydrogen-bond acceptors (Lipinski definition) is 13. The van der Waals surface area contributed by atoms with E-state index in [-0.39, 0.29) is 36.6 Å². The number of aliphatic hydroxyl groups excluding tert-OH is 2. The van der Waals surface area contributed by atoms with E-state index in [0.717, 1.165) is 6.07 Å². The molecule has 0 radical (unpaired) electrons. The van der Waals surface area contributed by atoms with E-state index >= 15 is 0 Å². The van der Waals surface area contributed by atoms with Gasteiger partial charge in [-0.25, -0.2) is 13.9 Å². The molecule has 1 unspecified atom stereocenters. The highest BCUT2D eigenvalue weighted by molar-refractivity contribution is 7.52. The number of nitrogens with zero attached hydrogens (tertiary/aromatic N) is 1. The largest absolute Gasteiger partial charge is 0.466 e. The van der Waals surface area contributed by atoms with E-state index in [9.17, 15) is 34.0 Å². The second kappa shape index (κ2) is 16.9. The van der Waals surface area contributed by atoms with Crippen LogP contribution in [0.15, 0.2) is 46.0 Å². The number of nitrogens with one attached hydrogen (secondary N) is 2. The predicted molar refractivity (Wildman–Crippen MR) is 165 cm³/mol. The van der Waals surface area contributed by atoms with Crippen LogP contribution in [0.1, 0.15) is 53.2 Å². The molecule has 1 aromatic heterocycles. The van der Waals surface area contributed by atoms with Crippen molar-refractivity contribution in [2.24, 2.45) is 11.8 Å².